The molecule has 1 aliphatic rings. The molecule has 3 rings (SSSR count). The number of piperazine rings is 1. The van der Waals surface area contributed by atoms with E-state index in [4.69, 9.17) is 5.73 Å². The standard InChI is InChI=1S/C18H23FN6/c19-15-4-6-16(7-5-15)25-13-11-24(12-14-25)10-9-22-18(20)23-17-3-1-2-8-21-17/h1-8H,9-14H2,(H3,20,21,22,23). The van der Waals surface area contributed by atoms with Crippen LogP contribution in [0.5, 0.6) is 0 Å². The molecule has 6 nitrogen and oxygen atoms in total. The van der Waals surface area contributed by atoms with E-state index < -0.39 is 0 Å². The third kappa shape index (κ3) is 5.15. The highest BCUT2D eigenvalue weighted by molar-refractivity contribution is 5.91. The van der Waals surface area contributed by atoms with Gasteiger partial charge in [-0.1, -0.05) is 6.07 Å². The Kier molecular flexibility index (Phi) is 5.79. The van der Waals surface area contributed by atoms with E-state index in [1.807, 2.05) is 30.3 Å². The second kappa shape index (κ2) is 8.43. The van der Waals surface area contributed by atoms with Gasteiger partial charge < -0.3 is 16.0 Å². The predicted octanol–water partition coefficient (Wildman–Crippen LogP) is 1.77. The molecule has 1 fully saturated rings. The predicted molar refractivity (Wildman–Crippen MR) is 99.4 cm³/mol. The monoisotopic (exact) mass is 342 g/mol. The maximum absolute atomic E-state index is 13.0. The van der Waals surface area contributed by atoms with Gasteiger partial charge in [-0.05, 0) is 36.4 Å². The number of anilines is 2. The zero-order valence-corrected chi connectivity index (χ0v) is 14.1. The lowest BCUT2D eigenvalue weighted by Crippen LogP contribution is -2.47. The molecule has 0 bridgehead atoms. The van der Waals surface area contributed by atoms with Crippen molar-refractivity contribution >= 4 is 17.5 Å². The van der Waals surface area contributed by atoms with Crippen molar-refractivity contribution < 1.29 is 4.39 Å². The van der Waals surface area contributed by atoms with Crippen LogP contribution in [0.3, 0.4) is 0 Å². The summed E-state index contributed by atoms with van der Waals surface area (Å²) in [5.41, 5.74) is 6.95. The summed E-state index contributed by atoms with van der Waals surface area (Å²) in [6.07, 6.45) is 1.70. The van der Waals surface area contributed by atoms with Crippen LogP contribution in [0.2, 0.25) is 0 Å². The summed E-state index contributed by atoms with van der Waals surface area (Å²) in [5.74, 6) is 0.873. The lowest BCUT2D eigenvalue weighted by atomic mass is 10.2. The molecule has 0 unspecified atom stereocenters. The Balaban J connectivity index is 1.40. The molecule has 1 aromatic carbocycles. The molecule has 1 aromatic heterocycles. The van der Waals surface area contributed by atoms with Crippen molar-refractivity contribution in [2.75, 3.05) is 49.5 Å². The number of nitrogens with two attached hydrogens (primary N) is 1. The fraction of sp³-hybridized carbons (Fsp3) is 0.333. The summed E-state index contributed by atoms with van der Waals surface area (Å²) in [6, 6.07) is 12.3. The smallest absolute Gasteiger partial charge is 0.194 e. The lowest BCUT2D eigenvalue weighted by molar-refractivity contribution is 0.265. The number of rotatable bonds is 5. The second-order valence-electron chi connectivity index (χ2n) is 5.91. The minimum Gasteiger partial charge on any atom is -0.370 e. The molecule has 0 saturated carbocycles. The van der Waals surface area contributed by atoms with Gasteiger partial charge in [0, 0.05) is 44.6 Å². The highest BCUT2D eigenvalue weighted by Crippen LogP contribution is 2.16. The van der Waals surface area contributed by atoms with Gasteiger partial charge in [-0.25, -0.2) is 9.37 Å². The van der Waals surface area contributed by atoms with Crippen LogP contribution in [0.25, 0.3) is 0 Å². The van der Waals surface area contributed by atoms with E-state index in [0.717, 1.165) is 38.4 Å². The molecule has 0 atom stereocenters. The number of aromatic nitrogens is 1. The number of nitrogens with one attached hydrogen (secondary N) is 1. The molecule has 7 heteroatoms. The Morgan fingerprint density at radius 3 is 2.56 bits per heavy atom. The van der Waals surface area contributed by atoms with Crippen molar-refractivity contribution in [2.45, 2.75) is 0 Å². The molecule has 132 valence electrons. The highest BCUT2D eigenvalue weighted by atomic mass is 19.1. The van der Waals surface area contributed by atoms with Crippen molar-refractivity contribution in [1.29, 1.82) is 0 Å². The molecule has 3 N–H and O–H groups in total. The second-order valence-corrected chi connectivity index (χ2v) is 5.91. The van der Waals surface area contributed by atoms with Crippen LogP contribution in [-0.4, -0.2) is 55.1 Å². The molecule has 0 radical (unpaired) electrons. The first-order valence-electron chi connectivity index (χ1n) is 8.41. The molecule has 2 aromatic rings. The van der Waals surface area contributed by atoms with Gasteiger partial charge in [-0.3, -0.25) is 9.89 Å². The van der Waals surface area contributed by atoms with Crippen molar-refractivity contribution in [3.8, 4) is 0 Å². The largest absolute Gasteiger partial charge is 0.370 e. The van der Waals surface area contributed by atoms with E-state index >= 15 is 0 Å². The molecule has 1 aliphatic heterocycles. The molecular formula is C18H23FN6. The number of pyridine rings is 1. The fourth-order valence-electron chi connectivity index (χ4n) is 2.80. The van der Waals surface area contributed by atoms with Gasteiger partial charge in [0.1, 0.15) is 11.6 Å². The number of hydrogen-bond donors (Lipinski definition) is 2. The van der Waals surface area contributed by atoms with E-state index in [-0.39, 0.29) is 5.82 Å². The van der Waals surface area contributed by atoms with E-state index in [0.29, 0.717) is 18.3 Å². The highest BCUT2D eigenvalue weighted by Gasteiger charge is 2.16. The van der Waals surface area contributed by atoms with E-state index in [1.54, 1.807) is 6.20 Å². The third-order valence-corrected chi connectivity index (χ3v) is 4.18. The van der Waals surface area contributed by atoms with Crippen LogP contribution < -0.4 is 16.0 Å². The number of hydrogen-bond acceptors (Lipinski definition) is 4. The first kappa shape index (κ1) is 17.2. The van der Waals surface area contributed by atoms with Crippen molar-refractivity contribution in [2.24, 2.45) is 10.7 Å². The Hall–Kier alpha value is -2.67. The van der Waals surface area contributed by atoms with Crippen LogP contribution in [0.1, 0.15) is 0 Å². The number of halogens is 1. The summed E-state index contributed by atoms with van der Waals surface area (Å²) in [7, 11) is 0. The number of benzene rings is 1. The van der Waals surface area contributed by atoms with Gasteiger partial charge in [0.05, 0.1) is 6.54 Å². The minimum absolute atomic E-state index is 0.197. The van der Waals surface area contributed by atoms with E-state index in [2.05, 4.69) is 25.1 Å². The average molecular weight is 342 g/mol. The summed E-state index contributed by atoms with van der Waals surface area (Å²) in [5, 5.41) is 2.97. The van der Waals surface area contributed by atoms with Crippen LogP contribution in [0.4, 0.5) is 15.9 Å². The SMILES string of the molecule is NC(=NCCN1CCN(c2ccc(F)cc2)CC1)Nc1ccccn1. The minimum atomic E-state index is -0.197. The van der Waals surface area contributed by atoms with E-state index in [1.165, 1.54) is 12.1 Å². The van der Waals surface area contributed by atoms with Gasteiger partial charge in [-0.15, -0.1) is 0 Å². The van der Waals surface area contributed by atoms with Crippen LogP contribution in [-0.2, 0) is 0 Å². The summed E-state index contributed by atoms with van der Waals surface area (Å²) < 4.78 is 13.0. The molecule has 25 heavy (non-hydrogen) atoms. The maximum Gasteiger partial charge on any atom is 0.194 e. The summed E-state index contributed by atoms with van der Waals surface area (Å²) >= 11 is 0. The van der Waals surface area contributed by atoms with Gasteiger partial charge in [-0.2, -0.15) is 0 Å². The third-order valence-electron chi connectivity index (χ3n) is 4.18. The van der Waals surface area contributed by atoms with Gasteiger partial charge >= 0.3 is 0 Å². The number of guanidine groups is 1. The zero-order chi connectivity index (χ0) is 17.5. The average Bonchev–Trinajstić information content (AvgIpc) is 2.64. The Morgan fingerprint density at radius 2 is 1.88 bits per heavy atom. The molecule has 1 saturated heterocycles. The van der Waals surface area contributed by atoms with Crippen LogP contribution in [0, 0.1) is 5.82 Å². The normalized spacial score (nSPS) is 16.0. The fourth-order valence-corrected chi connectivity index (χ4v) is 2.80. The van der Waals surface area contributed by atoms with E-state index in [9.17, 15) is 4.39 Å². The Bertz CT molecular complexity index is 680. The Morgan fingerprint density at radius 1 is 1.12 bits per heavy atom. The first-order chi connectivity index (χ1) is 12.2. The summed E-state index contributed by atoms with van der Waals surface area (Å²) in [4.78, 5) is 13.1. The van der Waals surface area contributed by atoms with Gasteiger partial charge in [0.15, 0.2) is 5.96 Å². The first-order valence-corrected chi connectivity index (χ1v) is 8.41. The molecule has 0 spiro atoms. The Labute approximate surface area is 147 Å². The van der Waals surface area contributed by atoms with Crippen LogP contribution >= 0.6 is 0 Å². The number of nitrogens with zero attached hydrogens (tertiary/aromatic N) is 4. The molecular weight excluding hydrogens is 319 g/mol. The molecule has 0 aliphatic carbocycles. The van der Waals surface area contributed by atoms with Crippen molar-refractivity contribution in [1.82, 2.24) is 9.88 Å². The van der Waals surface area contributed by atoms with Crippen molar-refractivity contribution in [3.63, 3.8) is 0 Å². The summed E-state index contributed by atoms with van der Waals surface area (Å²) in [6.45, 7) is 5.28. The topological polar surface area (TPSA) is 69.8 Å². The molecule has 2 heterocycles. The van der Waals surface area contributed by atoms with Crippen molar-refractivity contribution in [3.05, 3.63) is 54.5 Å². The molecule has 0 amide bonds. The number of aliphatic imine (C=N–C) groups is 1. The zero-order valence-electron chi connectivity index (χ0n) is 14.1. The maximum atomic E-state index is 13.0. The van der Waals surface area contributed by atoms with Gasteiger partial charge in [0.2, 0.25) is 0 Å². The quantitative estimate of drug-likeness (QED) is 0.640. The lowest BCUT2D eigenvalue weighted by Gasteiger charge is -2.35. The van der Waals surface area contributed by atoms with Gasteiger partial charge in [0.25, 0.3) is 0 Å². The van der Waals surface area contributed by atoms with Crippen LogP contribution in [0.15, 0.2) is 53.7 Å².